The molecular weight excluding hydrogens is 436 g/mol. The van der Waals surface area contributed by atoms with E-state index in [1.54, 1.807) is 0 Å². The van der Waals surface area contributed by atoms with Crippen LogP contribution in [0.5, 0.6) is 0 Å². The van der Waals surface area contributed by atoms with Gasteiger partial charge in [0.2, 0.25) is 0 Å². The molecule has 4 rings (SSSR count). The third kappa shape index (κ3) is 4.95. The largest absolute Gasteiger partial charge is 0.352 e. The molecule has 4 aromatic rings. The second-order valence-electron chi connectivity index (χ2n) is 7.28. The van der Waals surface area contributed by atoms with Crippen LogP contribution in [0, 0.1) is 0 Å². The Bertz CT molecular complexity index is 1140. The summed E-state index contributed by atoms with van der Waals surface area (Å²) in [6.45, 7) is 0.663. The monoisotopic (exact) mass is 458 g/mol. The number of hydrogen-bond acceptors (Lipinski definition) is 2. The van der Waals surface area contributed by atoms with E-state index in [-0.39, 0.29) is 5.91 Å². The Hall–Kier alpha value is -2.98. The summed E-state index contributed by atoms with van der Waals surface area (Å²) in [4.78, 5) is 17.7. The molecule has 1 aromatic heterocycles. The minimum Gasteiger partial charge on any atom is -0.352 e. The van der Waals surface area contributed by atoms with Crippen molar-refractivity contribution in [3.8, 4) is 11.3 Å². The van der Waals surface area contributed by atoms with E-state index in [0.717, 1.165) is 45.9 Å². The summed E-state index contributed by atoms with van der Waals surface area (Å²) in [7, 11) is 0. The number of pyridine rings is 1. The molecule has 30 heavy (non-hydrogen) atoms. The molecule has 0 saturated carbocycles. The van der Waals surface area contributed by atoms with Gasteiger partial charge in [-0.15, -0.1) is 0 Å². The quantitative estimate of drug-likeness (QED) is 0.324. The lowest BCUT2D eigenvalue weighted by molar-refractivity contribution is 0.0954. The molecule has 0 radical (unpaired) electrons. The van der Waals surface area contributed by atoms with Crippen LogP contribution in [0.1, 0.15) is 28.8 Å². The summed E-state index contributed by atoms with van der Waals surface area (Å²) < 4.78 is 1.01. The zero-order valence-corrected chi connectivity index (χ0v) is 18.2. The van der Waals surface area contributed by atoms with Crippen LogP contribution in [0.25, 0.3) is 22.2 Å². The van der Waals surface area contributed by atoms with E-state index in [0.29, 0.717) is 12.1 Å². The normalized spacial score (nSPS) is 10.8. The van der Waals surface area contributed by atoms with Crippen LogP contribution in [-0.4, -0.2) is 17.4 Å². The van der Waals surface area contributed by atoms with Gasteiger partial charge in [-0.25, -0.2) is 4.98 Å². The van der Waals surface area contributed by atoms with Gasteiger partial charge in [0.15, 0.2) is 0 Å². The number of carbonyl (C=O) groups excluding carboxylic acids is 1. The fourth-order valence-electron chi connectivity index (χ4n) is 3.53. The Labute approximate surface area is 185 Å². The molecular formula is C26H23BrN2O. The number of benzene rings is 3. The predicted molar refractivity (Wildman–Crippen MR) is 127 cm³/mol. The van der Waals surface area contributed by atoms with Gasteiger partial charge in [-0.3, -0.25) is 4.79 Å². The molecule has 4 heteroatoms. The van der Waals surface area contributed by atoms with E-state index in [2.05, 4.69) is 45.5 Å². The van der Waals surface area contributed by atoms with Gasteiger partial charge in [0.1, 0.15) is 0 Å². The standard InChI is InChI=1S/C26H23BrN2O/c27-21-15-13-20(14-16-21)25-18-23(22-11-4-5-12-24(22)29-25)26(30)28-17-7-6-10-19-8-2-1-3-9-19/h1-5,8-9,11-16,18H,6-7,10,17H2,(H,28,30). The van der Waals surface area contributed by atoms with Crippen LogP contribution >= 0.6 is 15.9 Å². The number of carbonyl (C=O) groups is 1. The summed E-state index contributed by atoms with van der Waals surface area (Å²) in [5.74, 6) is -0.0494. The Kier molecular flexibility index (Phi) is 6.55. The first kappa shape index (κ1) is 20.3. The summed E-state index contributed by atoms with van der Waals surface area (Å²) >= 11 is 3.47. The molecule has 150 valence electrons. The Morgan fingerprint density at radius 2 is 1.60 bits per heavy atom. The van der Waals surface area contributed by atoms with Gasteiger partial charge in [-0.05, 0) is 49.1 Å². The maximum absolute atomic E-state index is 13.0. The molecule has 1 amide bonds. The Balaban J connectivity index is 1.47. The minimum absolute atomic E-state index is 0.0494. The van der Waals surface area contributed by atoms with Crippen LogP contribution in [0.2, 0.25) is 0 Å². The summed E-state index contributed by atoms with van der Waals surface area (Å²) in [6.07, 6.45) is 3.03. The van der Waals surface area contributed by atoms with Crippen molar-refractivity contribution in [2.24, 2.45) is 0 Å². The molecule has 1 N–H and O–H groups in total. The molecule has 3 aromatic carbocycles. The van der Waals surface area contributed by atoms with Crippen LogP contribution in [-0.2, 0) is 6.42 Å². The van der Waals surface area contributed by atoms with Crippen LogP contribution in [0.3, 0.4) is 0 Å². The third-order valence-corrected chi connectivity index (χ3v) is 5.65. The number of nitrogens with zero attached hydrogens (tertiary/aromatic N) is 1. The number of fused-ring (bicyclic) bond motifs is 1. The fourth-order valence-corrected chi connectivity index (χ4v) is 3.79. The molecule has 0 aliphatic carbocycles. The van der Waals surface area contributed by atoms with Crippen molar-refractivity contribution < 1.29 is 4.79 Å². The molecule has 3 nitrogen and oxygen atoms in total. The van der Waals surface area contributed by atoms with Gasteiger partial charge >= 0.3 is 0 Å². The maximum atomic E-state index is 13.0. The zero-order valence-electron chi connectivity index (χ0n) is 16.6. The van der Waals surface area contributed by atoms with E-state index >= 15 is 0 Å². The van der Waals surface area contributed by atoms with Gasteiger partial charge in [0.25, 0.3) is 5.91 Å². The highest BCUT2D eigenvalue weighted by Gasteiger charge is 2.13. The molecule has 0 unspecified atom stereocenters. The molecule has 0 aliphatic heterocycles. The number of aryl methyl sites for hydroxylation is 1. The van der Waals surface area contributed by atoms with Crippen LogP contribution in [0.4, 0.5) is 0 Å². The SMILES string of the molecule is O=C(NCCCCc1ccccc1)c1cc(-c2ccc(Br)cc2)nc2ccccc12. The molecule has 1 heterocycles. The number of rotatable bonds is 7. The first-order valence-corrected chi connectivity index (χ1v) is 11.0. The maximum Gasteiger partial charge on any atom is 0.252 e. The highest BCUT2D eigenvalue weighted by Crippen LogP contribution is 2.26. The molecule has 0 saturated heterocycles. The smallest absolute Gasteiger partial charge is 0.252 e. The van der Waals surface area contributed by atoms with Crippen molar-refractivity contribution in [3.63, 3.8) is 0 Å². The number of amides is 1. The van der Waals surface area contributed by atoms with Gasteiger partial charge in [0.05, 0.1) is 16.8 Å². The van der Waals surface area contributed by atoms with Gasteiger partial charge < -0.3 is 5.32 Å². The van der Waals surface area contributed by atoms with Crippen molar-refractivity contribution in [1.82, 2.24) is 10.3 Å². The van der Waals surface area contributed by atoms with Crippen molar-refractivity contribution in [2.45, 2.75) is 19.3 Å². The predicted octanol–water partition coefficient (Wildman–Crippen LogP) is 6.42. The lowest BCUT2D eigenvalue weighted by Crippen LogP contribution is -2.25. The average molecular weight is 459 g/mol. The van der Waals surface area contributed by atoms with Crippen molar-refractivity contribution in [1.29, 1.82) is 0 Å². The van der Waals surface area contributed by atoms with Crippen molar-refractivity contribution in [3.05, 3.63) is 101 Å². The van der Waals surface area contributed by atoms with E-state index < -0.39 is 0 Å². The minimum atomic E-state index is -0.0494. The number of hydrogen-bond donors (Lipinski definition) is 1. The molecule has 0 bridgehead atoms. The van der Waals surface area contributed by atoms with E-state index in [4.69, 9.17) is 4.98 Å². The van der Waals surface area contributed by atoms with Crippen LogP contribution < -0.4 is 5.32 Å². The lowest BCUT2D eigenvalue weighted by atomic mass is 10.0. The number of aromatic nitrogens is 1. The number of para-hydroxylation sites is 1. The lowest BCUT2D eigenvalue weighted by Gasteiger charge is -2.11. The molecule has 0 spiro atoms. The highest BCUT2D eigenvalue weighted by atomic mass is 79.9. The summed E-state index contributed by atoms with van der Waals surface area (Å²) in [6, 6.07) is 28.1. The topological polar surface area (TPSA) is 42.0 Å². The summed E-state index contributed by atoms with van der Waals surface area (Å²) in [5.41, 5.74) is 4.62. The molecule has 0 fully saturated rings. The number of unbranched alkanes of at least 4 members (excludes halogenated alkanes) is 1. The van der Waals surface area contributed by atoms with Crippen molar-refractivity contribution >= 4 is 32.7 Å². The number of halogens is 1. The average Bonchev–Trinajstić information content (AvgIpc) is 2.79. The van der Waals surface area contributed by atoms with E-state index in [9.17, 15) is 4.79 Å². The highest BCUT2D eigenvalue weighted by molar-refractivity contribution is 9.10. The second kappa shape index (κ2) is 9.68. The van der Waals surface area contributed by atoms with Crippen molar-refractivity contribution in [2.75, 3.05) is 6.54 Å². The molecule has 0 atom stereocenters. The second-order valence-corrected chi connectivity index (χ2v) is 8.19. The van der Waals surface area contributed by atoms with Gasteiger partial charge in [-0.1, -0.05) is 76.6 Å². The van der Waals surface area contributed by atoms with Crippen LogP contribution in [0.15, 0.2) is 89.4 Å². The first-order chi connectivity index (χ1) is 14.7. The van der Waals surface area contributed by atoms with E-state index in [1.807, 2.05) is 60.7 Å². The first-order valence-electron chi connectivity index (χ1n) is 10.2. The molecule has 0 aliphatic rings. The zero-order chi connectivity index (χ0) is 20.8. The third-order valence-electron chi connectivity index (χ3n) is 5.12. The Morgan fingerprint density at radius 3 is 2.40 bits per heavy atom. The van der Waals surface area contributed by atoms with Gasteiger partial charge in [-0.2, -0.15) is 0 Å². The Morgan fingerprint density at radius 1 is 0.867 bits per heavy atom. The number of nitrogens with one attached hydrogen (secondary N) is 1. The van der Waals surface area contributed by atoms with E-state index in [1.165, 1.54) is 5.56 Å². The summed E-state index contributed by atoms with van der Waals surface area (Å²) in [5, 5.41) is 3.97. The van der Waals surface area contributed by atoms with Gasteiger partial charge in [0, 0.05) is 22.0 Å². The fraction of sp³-hybridized carbons (Fsp3) is 0.154.